The zero-order chi connectivity index (χ0) is 27.0. The molecule has 5 atom stereocenters. The third kappa shape index (κ3) is 8.15. The molecule has 0 unspecified atom stereocenters. The van der Waals surface area contributed by atoms with Gasteiger partial charge in [-0.15, -0.1) is 6.58 Å². The average Bonchev–Trinajstić information content (AvgIpc) is 3.22. The van der Waals surface area contributed by atoms with Crippen molar-refractivity contribution in [2.24, 2.45) is 17.3 Å². The smallest absolute Gasteiger partial charge is 0.309 e. The number of nitrogens with zero attached hydrogens (tertiary/aromatic N) is 1. The van der Waals surface area contributed by atoms with E-state index in [0.717, 1.165) is 24.8 Å². The molecule has 1 aliphatic heterocycles. The van der Waals surface area contributed by atoms with E-state index in [1.807, 2.05) is 19.9 Å². The predicted molar refractivity (Wildman–Crippen MR) is 140 cm³/mol. The summed E-state index contributed by atoms with van der Waals surface area (Å²) in [6, 6.07) is 0. The number of rotatable bonds is 4. The number of carbonyl (C=O) groups excluding carboxylic acids is 2. The number of aromatic nitrogens is 1. The van der Waals surface area contributed by atoms with Crippen LogP contribution in [0, 0.1) is 24.2 Å². The first-order chi connectivity index (χ1) is 16.9. The zero-order valence-corrected chi connectivity index (χ0v) is 22.8. The first-order valence-electron chi connectivity index (χ1n) is 12.5. The van der Waals surface area contributed by atoms with Crippen molar-refractivity contribution < 1.29 is 29.0 Å². The van der Waals surface area contributed by atoms with Crippen LogP contribution in [-0.2, 0) is 14.3 Å². The molecule has 1 aliphatic rings. The van der Waals surface area contributed by atoms with Crippen molar-refractivity contribution in [1.29, 1.82) is 0 Å². The molecule has 2 N–H and O–H groups in total. The van der Waals surface area contributed by atoms with Gasteiger partial charge in [0.15, 0.2) is 5.89 Å². The summed E-state index contributed by atoms with van der Waals surface area (Å²) in [5.41, 5.74) is 0.328. The molecule has 1 aromatic rings. The van der Waals surface area contributed by atoms with Crippen molar-refractivity contribution in [3.05, 3.63) is 47.2 Å². The number of cyclic esters (lactones) is 1. The summed E-state index contributed by atoms with van der Waals surface area (Å²) in [5, 5.41) is 22.2. The Labute approximate surface area is 219 Å². The van der Waals surface area contributed by atoms with Crippen LogP contribution in [0.2, 0.25) is 0 Å². The van der Waals surface area contributed by atoms with E-state index in [1.54, 1.807) is 32.9 Å². The van der Waals surface area contributed by atoms with Gasteiger partial charge in [-0.05, 0) is 44.6 Å². The van der Waals surface area contributed by atoms with E-state index in [9.17, 15) is 19.8 Å². The maximum absolute atomic E-state index is 13.5. The monoisotopic (exact) mass is 521 g/mol. The summed E-state index contributed by atoms with van der Waals surface area (Å²) in [6.45, 7) is 12.6. The molecular formula is C28H40ClNO6. The molecule has 0 bridgehead atoms. The maximum Gasteiger partial charge on any atom is 0.309 e. The van der Waals surface area contributed by atoms with Crippen molar-refractivity contribution in [2.45, 2.75) is 91.5 Å². The number of esters is 1. The van der Waals surface area contributed by atoms with Crippen molar-refractivity contribution >= 4 is 29.4 Å². The number of carbonyl (C=O) groups is 2. The lowest BCUT2D eigenvalue weighted by molar-refractivity contribution is -0.154. The topological polar surface area (TPSA) is 110 Å². The third-order valence-corrected chi connectivity index (χ3v) is 7.35. The number of halogens is 1. The SMILES string of the molecule is C=CC[C@H]1C(=O)C(C)(C)[C@@H](O)CC(=O)O[C@H](/C(Cl)=C\c2coc(C)n2)C/C=C(/C)CCC[C@H](C)[C@@H]1O. The Balaban J connectivity index is 2.37. The highest BCUT2D eigenvalue weighted by Gasteiger charge is 2.43. The number of hydrogen-bond donors (Lipinski definition) is 2. The van der Waals surface area contributed by atoms with Crippen molar-refractivity contribution in [2.75, 3.05) is 0 Å². The number of aliphatic hydroxyl groups excluding tert-OH is 2. The molecule has 0 saturated carbocycles. The van der Waals surface area contributed by atoms with Crippen LogP contribution in [0.5, 0.6) is 0 Å². The highest BCUT2D eigenvalue weighted by molar-refractivity contribution is 6.32. The molecule has 7 nitrogen and oxygen atoms in total. The van der Waals surface area contributed by atoms with Crippen LogP contribution in [0.1, 0.15) is 77.8 Å². The number of aryl methyl sites for hydroxylation is 1. The van der Waals surface area contributed by atoms with Crippen LogP contribution >= 0.6 is 11.6 Å². The van der Waals surface area contributed by atoms with E-state index in [-0.39, 0.29) is 23.2 Å². The van der Waals surface area contributed by atoms with E-state index < -0.39 is 42.0 Å². The number of Topliss-reactive ketones (excluding diaryl/α,β-unsaturated/α-hetero) is 1. The molecule has 8 heteroatoms. The van der Waals surface area contributed by atoms with Gasteiger partial charge in [-0.1, -0.05) is 50.1 Å². The van der Waals surface area contributed by atoms with Gasteiger partial charge < -0.3 is 19.4 Å². The second kappa shape index (κ2) is 13.4. The second-order valence-electron chi connectivity index (χ2n) is 10.4. The van der Waals surface area contributed by atoms with E-state index in [0.29, 0.717) is 18.0 Å². The van der Waals surface area contributed by atoms with Crippen LogP contribution in [-0.4, -0.2) is 45.3 Å². The Morgan fingerprint density at radius 3 is 2.61 bits per heavy atom. The van der Waals surface area contributed by atoms with Gasteiger partial charge in [0.2, 0.25) is 0 Å². The molecule has 0 aromatic carbocycles. The zero-order valence-electron chi connectivity index (χ0n) is 22.0. The molecule has 2 heterocycles. The largest absolute Gasteiger partial charge is 0.456 e. The molecule has 0 aliphatic carbocycles. The summed E-state index contributed by atoms with van der Waals surface area (Å²) < 4.78 is 10.9. The average molecular weight is 522 g/mol. The van der Waals surface area contributed by atoms with Crippen LogP contribution < -0.4 is 0 Å². The van der Waals surface area contributed by atoms with Crippen LogP contribution in [0.4, 0.5) is 0 Å². The minimum atomic E-state index is -1.31. The van der Waals surface area contributed by atoms with Gasteiger partial charge >= 0.3 is 5.97 Å². The molecule has 36 heavy (non-hydrogen) atoms. The summed E-state index contributed by atoms with van der Waals surface area (Å²) in [5.74, 6) is -1.34. The van der Waals surface area contributed by atoms with E-state index in [4.69, 9.17) is 20.8 Å². The molecule has 0 spiro atoms. The summed E-state index contributed by atoms with van der Waals surface area (Å²) in [7, 11) is 0. The van der Waals surface area contributed by atoms with Crippen molar-refractivity contribution in [3.63, 3.8) is 0 Å². The van der Waals surface area contributed by atoms with Gasteiger partial charge in [-0.25, -0.2) is 4.98 Å². The van der Waals surface area contributed by atoms with E-state index >= 15 is 0 Å². The fourth-order valence-corrected chi connectivity index (χ4v) is 4.67. The number of ether oxygens (including phenoxy) is 1. The Morgan fingerprint density at radius 2 is 2.00 bits per heavy atom. The first kappa shape index (κ1) is 30.0. The molecule has 2 rings (SSSR count). The molecule has 200 valence electrons. The number of aliphatic hydroxyl groups is 2. The normalized spacial score (nSPS) is 30.8. The highest BCUT2D eigenvalue weighted by atomic mass is 35.5. The number of allylic oxidation sites excluding steroid dienone is 2. The Morgan fingerprint density at radius 1 is 1.31 bits per heavy atom. The fraction of sp³-hybridized carbons (Fsp3) is 0.607. The molecule has 0 radical (unpaired) electrons. The van der Waals surface area contributed by atoms with Gasteiger partial charge in [0.05, 0.1) is 29.1 Å². The Bertz CT molecular complexity index is 978. The molecular weight excluding hydrogens is 482 g/mol. The van der Waals surface area contributed by atoms with Gasteiger partial charge in [0.25, 0.3) is 0 Å². The van der Waals surface area contributed by atoms with Crippen LogP contribution in [0.25, 0.3) is 6.08 Å². The minimum absolute atomic E-state index is 0.117. The van der Waals surface area contributed by atoms with Gasteiger partial charge in [-0.2, -0.15) is 0 Å². The van der Waals surface area contributed by atoms with E-state index in [1.165, 1.54) is 6.26 Å². The second-order valence-corrected chi connectivity index (χ2v) is 10.8. The van der Waals surface area contributed by atoms with Crippen LogP contribution in [0.15, 0.2) is 40.0 Å². The minimum Gasteiger partial charge on any atom is -0.456 e. The van der Waals surface area contributed by atoms with Gasteiger partial charge in [-0.3, -0.25) is 9.59 Å². The maximum atomic E-state index is 13.5. The molecule has 1 aromatic heterocycles. The lowest BCUT2D eigenvalue weighted by Crippen LogP contribution is -2.46. The van der Waals surface area contributed by atoms with Crippen LogP contribution in [0.3, 0.4) is 0 Å². The number of hydrogen-bond acceptors (Lipinski definition) is 7. The van der Waals surface area contributed by atoms with Crippen molar-refractivity contribution in [3.8, 4) is 0 Å². The Kier molecular flexibility index (Phi) is 11.1. The highest BCUT2D eigenvalue weighted by Crippen LogP contribution is 2.34. The first-order valence-corrected chi connectivity index (χ1v) is 12.9. The van der Waals surface area contributed by atoms with Gasteiger partial charge in [0.1, 0.15) is 23.8 Å². The lowest BCUT2D eigenvalue weighted by atomic mass is 9.71. The quantitative estimate of drug-likeness (QED) is 0.396. The van der Waals surface area contributed by atoms with Gasteiger partial charge in [0, 0.05) is 19.3 Å². The predicted octanol–water partition coefficient (Wildman–Crippen LogP) is 5.53. The fourth-order valence-electron chi connectivity index (χ4n) is 4.42. The third-order valence-electron chi connectivity index (χ3n) is 7.00. The number of ketones is 1. The number of oxazole rings is 1. The standard InChI is InChI=1S/C28H40ClNO6/c1-7-9-21-26(33)18(3)11-8-10-17(2)12-13-23(22(29)14-20-16-35-19(4)30-20)36-25(32)15-24(31)28(5,6)27(21)34/h7,12,14,16,18,21,23-24,26,31,33H,1,8-11,13,15H2,2-6H3/b17-12-,22-14+/t18-,21+,23-,24-,26-/m0/s1. The lowest BCUT2D eigenvalue weighted by Gasteiger charge is -2.35. The summed E-state index contributed by atoms with van der Waals surface area (Å²) in [6.07, 6.45) is 6.29. The Hall–Kier alpha value is -2.22. The summed E-state index contributed by atoms with van der Waals surface area (Å²) >= 11 is 6.54. The van der Waals surface area contributed by atoms with E-state index in [2.05, 4.69) is 11.6 Å². The summed E-state index contributed by atoms with van der Waals surface area (Å²) in [4.78, 5) is 30.5. The molecule has 0 saturated heterocycles. The molecule has 0 amide bonds. The van der Waals surface area contributed by atoms with Crippen molar-refractivity contribution in [1.82, 2.24) is 4.98 Å². The molecule has 0 fully saturated rings.